The van der Waals surface area contributed by atoms with Crippen LogP contribution in [0, 0.1) is 0 Å². The summed E-state index contributed by atoms with van der Waals surface area (Å²) in [5.74, 6) is 0.630. The second-order valence-corrected chi connectivity index (χ2v) is 12.8. The van der Waals surface area contributed by atoms with Gasteiger partial charge in [-0.05, 0) is 109 Å². The van der Waals surface area contributed by atoms with E-state index in [4.69, 9.17) is 9.40 Å². The molecule has 0 saturated heterocycles. The molecule has 3 heteroatoms. The van der Waals surface area contributed by atoms with Gasteiger partial charge in [0.25, 0.3) is 0 Å². The topological polar surface area (TPSA) is 29.3 Å². The fourth-order valence-electron chi connectivity index (χ4n) is 7.30. The fraction of sp³-hybridized carbons (Fsp3) is 0. The molecule has 0 bridgehead atoms. The summed E-state index contributed by atoms with van der Waals surface area (Å²) < 4.78 is 6.56. The van der Waals surface area contributed by atoms with Crippen LogP contribution < -0.4 is 4.90 Å². The molecule has 10 aromatic rings. The molecule has 1 aromatic heterocycles. The van der Waals surface area contributed by atoms with E-state index < -0.39 is 0 Å². The lowest BCUT2D eigenvalue weighted by molar-refractivity contribution is 0.623. The predicted octanol–water partition coefficient (Wildman–Crippen LogP) is 13.2. The molecule has 0 atom stereocenters. The van der Waals surface area contributed by atoms with Gasteiger partial charge in [0.05, 0.1) is 0 Å². The summed E-state index contributed by atoms with van der Waals surface area (Å²) in [6.07, 6.45) is 0. The molecule has 0 unspecified atom stereocenters. The maximum atomic E-state index is 6.56. The lowest BCUT2D eigenvalue weighted by atomic mass is 9.99. The zero-order valence-corrected chi connectivity index (χ0v) is 27.1. The van der Waals surface area contributed by atoms with Crippen LogP contribution in [0.3, 0.4) is 0 Å². The number of rotatable bonds is 5. The molecule has 0 amide bonds. The summed E-state index contributed by atoms with van der Waals surface area (Å²) in [6, 6.07) is 64.8. The number of anilines is 3. The van der Waals surface area contributed by atoms with E-state index in [0.29, 0.717) is 5.89 Å². The molecule has 0 spiro atoms. The summed E-state index contributed by atoms with van der Waals surface area (Å²) in [5, 5.41) is 9.28. The molecule has 0 radical (unpaired) electrons. The van der Waals surface area contributed by atoms with Gasteiger partial charge < -0.3 is 9.32 Å². The Morgan fingerprint density at radius 3 is 1.70 bits per heavy atom. The zero-order valence-electron chi connectivity index (χ0n) is 27.1. The minimum Gasteiger partial charge on any atom is -0.435 e. The monoisotopic (exact) mass is 638 g/mol. The Kier molecular flexibility index (Phi) is 6.49. The third-order valence-electron chi connectivity index (χ3n) is 9.80. The van der Waals surface area contributed by atoms with Crippen LogP contribution in [-0.2, 0) is 0 Å². The SMILES string of the molecule is c1ccc(-c2ccc3cc(N(c4ccc5ccccc5c4)c4ccc5ccc6ccc7nc(-c8ccccc8)oc7c6c5c4)ccc3c2)cc1. The van der Waals surface area contributed by atoms with Crippen molar-refractivity contribution in [3.05, 3.63) is 182 Å². The number of fused-ring (bicyclic) bond motifs is 7. The highest BCUT2D eigenvalue weighted by Crippen LogP contribution is 2.41. The van der Waals surface area contributed by atoms with Gasteiger partial charge in [0.15, 0.2) is 5.58 Å². The van der Waals surface area contributed by atoms with E-state index in [-0.39, 0.29) is 0 Å². The van der Waals surface area contributed by atoms with Crippen LogP contribution in [0.4, 0.5) is 17.1 Å². The third kappa shape index (κ3) is 4.79. The van der Waals surface area contributed by atoms with E-state index in [2.05, 4.69) is 157 Å². The summed E-state index contributed by atoms with van der Waals surface area (Å²) in [5.41, 5.74) is 8.32. The normalized spacial score (nSPS) is 11.6. The van der Waals surface area contributed by atoms with E-state index in [1.54, 1.807) is 0 Å². The van der Waals surface area contributed by atoms with E-state index in [1.165, 1.54) is 32.7 Å². The molecule has 1 heterocycles. The summed E-state index contributed by atoms with van der Waals surface area (Å²) >= 11 is 0. The Labute approximate surface area is 289 Å². The van der Waals surface area contributed by atoms with Crippen molar-refractivity contribution in [2.24, 2.45) is 0 Å². The summed E-state index contributed by atoms with van der Waals surface area (Å²) in [4.78, 5) is 7.27. The molecule has 9 aromatic carbocycles. The molecule has 0 fully saturated rings. The number of nitrogens with zero attached hydrogens (tertiary/aromatic N) is 2. The maximum Gasteiger partial charge on any atom is 0.227 e. The van der Waals surface area contributed by atoms with Crippen LogP contribution in [0.2, 0.25) is 0 Å². The van der Waals surface area contributed by atoms with Gasteiger partial charge in [0, 0.05) is 28.0 Å². The molecule has 234 valence electrons. The largest absolute Gasteiger partial charge is 0.435 e. The van der Waals surface area contributed by atoms with E-state index in [9.17, 15) is 0 Å². The summed E-state index contributed by atoms with van der Waals surface area (Å²) in [7, 11) is 0. The van der Waals surface area contributed by atoms with Crippen molar-refractivity contribution in [1.82, 2.24) is 4.98 Å². The lowest BCUT2D eigenvalue weighted by Crippen LogP contribution is -2.10. The minimum atomic E-state index is 0.630. The molecule has 0 aliphatic carbocycles. The predicted molar refractivity (Wildman–Crippen MR) is 210 cm³/mol. The first kappa shape index (κ1) is 28.3. The van der Waals surface area contributed by atoms with Gasteiger partial charge in [0.1, 0.15) is 5.52 Å². The average molecular weight is 639 g/mol. The maximum absolute atomic E-state index is 6.56. The molecule has 0 N–H and O–H groups in total. The molecule has 0 aliphatic heterocycles. The van der Waals surface area contributed by atoms with Gasteiger partial charge in [-0.2, -0.15) is 0 Å². The number of hydrogen-bond acceptors (Lipinski definition) is 3. The number of oxazole rings is 1. The van der Waals surface area contributed by atoms with Gasteiger partial charge >= 0.3 is 0 Å². The first-order chi connectivity index (χ1) is 24.7. The Hall–Kier alpha value is -6.71. The minimum absolute atomic E-state index is 0.630. The number of benzene rings is 9. The Bertz CT molecular complexity index is 2870. The van der Waals surface area contributed by atoms with Crippen LogP contribution >= 0.6 is 0 Å². The van der Waals surface area contributed by atoms with Crippen molar-refractivity contribution in [2.75, 3.05) is 4.90 Å². The third-order valence-corrected chi connectivity index (χ3v) is 9.80. The average Bonchev–Trinajstić information content (AvgIpc) is 3.63. The Morgan fingerprint density at radius 2 is 0.920 bits per heavy atom. The highest BCUT2D eigenvalue weighted by molar-refractivity contribution is 6.18. The first-order valence-electron chi connectivity index (χ1n) is 16.9. The Morgan fingerprint density at radius 1 is 0.380 bits per heavy atom. The second-order valence-electron chi connectivity index (χ2n) is 12.8. The van der Waals surface area contributed by atoms with Crippen molar-refractivity contribution >= 4 is 71.3 Å². The lowest BCUT2D eigenvalue weighted by Gasteiger charge is -2.27. The second kappa shape index (κ2) is 11.5. The van der Waals surface area contributed by atoms with Crippen molar-refractivity contribution in [3.8, 4) is 22.6 Å². The van der Waals surface area contributed by atoms with Crippen LogP contribution in [0.5, 0.6) is 0 Å². The molecular weight excluding hydrogens is 609 g/mol. The van der Waals surface area contributed by atoms with Gasteiger partial charge in [-0.1, -0.05) is 121 Å². The highest BCUT2D eigenvalue weighted by atomic mass is 16.3. The van der Waals surface area contributed by atoms with Gasteiger partial charge in [-0.25, -0.2) is 4.98 Å². The molecular formula is C47H30N2O. The van der Waals surface area contributed by atoms with Crippen LogP contribution in [0.15, 0.2) is 186 Å². The standard InChI is InChI=1S/C47H30N2O/c1-3-9-31(10-4-1)37-17-18-39-29-41(25-21-38(39)27-37)49(40-23-19-32-11-7-8-14-36(32)28-40)42-24-20-33-15-16-34-22-26-44-46(45(34)43(33)30-42)50-47(48-44)35-12-5-2-6-13-35/h1-30H. The Balaban J connectivity index is 1.18. The quantitative estimate of drug-likeness (QED) is 0.176. The van der Waals surface area contributed by atoms with Crippen molar-refractivity contribution in [3.63, 3.8) is 0 Å². The smallest absolute Gasteiger partial charge is 0.227 e. The molecule has 0 saturated carbocycles. The van der Waals surface area contributed by atoms with Crippen molar-refractivity contribution in [1.29, 1.82) is 0 Å². The van der Waals surface area contributed by atoms with E-state index >= 15 is 0 Å². The number of hydrogen-bond donors (Lipinski definition) is 0. The van der Waals surface area contributed by atoms with Crippen LogP contribution in [0.25, 0.3) is 76.8 Å². The van der Waals surface area contributed by atoms with Gasteiger partial charge in [-0.15, -0.1) is 0 Å². The zero-order chi connectivity index (χ0) is 33.0. The van der Waals surface area contributed by atoms with Crippen molar-refractivity contribution in [2.45, 2.75) is 0 Å². The highest BCUT2D eigenvalue weighted by Gasteiger charge is 2.18. The van der Waals surface area contributed by atoms with Crippen LogP contribution in [0.1, 0.15) is 0 Å². The first-order valence-corrected chi connectivity index (χ1v) is 16.9. The van der Waals surface area contributed by atoms with Crippen molar-refractivity contribution < 1.29 is 4.42 Å². The molecule has 50 heavy (non-hydrogen) atoms. The van der Waals surface area contributed by atoms with E-state index in [0.717, 1.165) is 55.3 Å². The van der Waals surface area contributed by atoms with Gasteiger partial charge in [-0.3, -0.25) is 0 Å². The fourth-order valence-corrected chi connectivity index (χ4v) is 7.30. The number of aromatic nitrogens is 1. The van der Waals surface area contributed by atoms with E-state index in [1.807, 2.05) is 30.3 Å². The molecule has 3 nitrogen and oxygen atoms in total. The van der Waals surface area contributed by atoms with Gasteiger partial charge in [0.2, 0.25) is 5.89 Å². The summed E-state index contributed by atoms with van der Waals surface area (Å²) in [6.45, 7) is 0. The molecule has 10 rings (SSSR count). The van der Waals surface area contributed by atoms with Crippen LogP contribution in [-0.4, -0.2) is 4.98 Å². The molecule has 0 aliphatic rings.